The van der Waals surface area contributed by atoms with E-state index in [0.717, 1.165) is 36.6 Å². The maximum atomic E-state index is 6.12. The highest BCUT2D eigenvalue weighted by molar-refractivity contribution is 6.31. The van der Waals surface area contributed by atoms with Crippen LogP contribution in [0.5, 0.6) is 0 Å². The van der Waals surface area contributed by atoms with Gasteiger partial charge in [0.1, 0.15) is 0 Å². The van der Waals surface area contributed by atoms with E-state index in [1.54, 1.807) is 7.11 Å². The Bertz CT molecular complexity index is 304. The highest BCUT2D eigenvalue weighted by atomic mass is 35.5. The molecule has 0 saturated heterocycles. The van der Waals surface area contributed by atoms with Gasteiger partial charge in [0, 0.05) is 24.8 Å². The number of hydrogen-bond donors (Lipinski definition) is 1. The lowest BCUT2D eigenvalue weighted by atomic mass is 10.1. The second kappa shape index (κ2) is 7.66. The van der Waals surface area contributed by atoms with Crippen LogP contribution in [0.25, 0.3) is 0 Å². The molecule has 0 aromatic heterocycles. The lowest BCUT2D eigenvalue weighted by molar-refractivity contribution is 0.192. The van der Waals surface area contributed by atoms with Crippen LogP contribution in [0.2, 0.25) is 5.02 Å². The van der Waals surface area contributed by atoms with Crippen LogP contribution in [0.1, 0.15) is 31.4 Å². The Kier molecular flexibility index (Phi) is 6.46. The number of methoxy groups -OCH3 is 1. The molecule has 0 saturated carbocycles. The van der Waals surface area contributed by atoms with Crippen LogP contribution < -0.4 is 5.32 Å². The fourth-order valence-electron chi connectivity index (χ4n) is 1.63. The summed E-state index contributed by atoms with van der Waals surface area (Å²) >= 11 is 6.12. The molecule has 0 aliphatic heterocycles. The Morgan fingerprint density at radius 3 is 2.75 bits per heavy atom. The van der Waals surface area contributed by atoms with Gasteiger partial charge in [-0.1, -0.05) is 29.8 Å². The second-order valence-electron chi connectivity index (χ2n) is 3.90. The van der Waals surface area contributed by atoms with E-state index in [1.807, 2.05) is 18.2 Å². The number of nitrogens with one attached hydrogen (secondary N) is 1. The molecule has 3 heteroatoms. The van der Waals surface area contributed by atoms with Crippen LogP contribution in [0, 0.1) is 0 Å². The predicted octanol–water partition coefficient (Wildman–Crippen LogP) is 3.42. The molecule has 90 valence electrons. The quantitative estimate of drug-likeness (QED) is 0.739. The third kappa shape index (κ3) is 4.52. The van der Waals surface area contributed by atoms with Crippen molar-refractivity contribution in [3.63, 3.8) is 0 Å². The summed E-state index contributed by atoms with van der Waals surface area (Å²) in [5.41, 5.74) is 1.16. The van der Waals surface area contributed by atoms with E-state index in [-0.39, 0.29) is 0 Å². The van der Waals surface area contributed by atoms with Gasteiger partial charge in [-0.15, -0.1) is 0 Å². The first-order valence-corrected chi connectivity index (χ1v) is 6.10. The first kappa shape index (κ1) is 13.5. The van der Waals surface area contributed by atoms with E-state index in [9.17, 15) is 0 Å². The van der Waals surface area contributed by atoms with Crippen molar-refractivity contribution in [1.82, 2.24) is 5.32 Å². The van der Waals surface area contributed by atoms with E-state index in [2.05, 4.69) is 18.3 Å². The zero-order valence-electron chi connectivity index (χ0n) is 10.0. The minimum Gasteiger partial charge on any atom is -0.385 e. The maximum absolute atomic E-state index is 6.12. The average Bonchev–Trinajstić information content (AvgIpc) is 2.29. The van der Waals surface area contributed by atoms with E-state index in [0.29, 0.717) is 6.04 Å². The lowest BCUT2D eigenvalue weighted by Gasteiger charge is -2.15. The zero-order valence-corrected chi connectivity index (χ0v) is 10.8. The molecule has 0 spiro atoms. The summed E-state index contributed by atoms with van der Waals surface area (Å²) in [6.07, 6.45) is 2.22. The van der Waals surface area contributed by atoms with Crippen LogP contribution in [0.4, 0.5) is 0 Å². The molecule has 16 heavy (non-hydrogen) atoms. The highest BCUT2D eigenvalue weighted by Gasteiger charge is 2.07. The van der Waals surface area contributed by atoms with E-state index >= 15 is 0 Å². The number of halogens is 1. The van der Waals surface area contributed by atoms with Crippen LogP contribution in [0.3, 0.4) is 0 Å². The molecular weight excluding hydrogens is 222 g/mol. The summed E-state index contributed by atoms with van der Waals surface area (Å²) in [7, 11) is 1.74. The van der Waals surface area contributed by atoms with Gasteiger partial charge in [-0.05, 0) is 37.9 Å². The number of hydrogen-bond acceptors (Lipinski definition) is 2. The molecule has 0 aliphatic rings. The molecule has 0 fully saturated rings. The molecule has 0 radical (unpaired) electrons. The Balaban J connectivity index is 2.30. The third-order valence-corrected chi connectivity index (χ3v) is 2.94. The van der Waals surface area contributed by atoms with Crippen molar-refractivity contribution < 1.29 is 4.74 Å². The predicted molar refractivity (Wildman–Crippen MR) is 69.0 cm³/mol. The molecule has 0 heterocycles. The van der Waals surface area contributed by atoms with Gasteiger partial charge in [0.2, 0.25) is 0 Å². The van der Waals surface area contributed by atoms with E-state index in [4.69, 9.17) is 16.3 Å². The SMILES string of the molecule is COCCCCNC(C)c1ccccc1Cl. The molecule has 1 aromatic rings. The third-order valence-electron chi connectivity index (χ3n) is 2.60. The van der Waals surface area contributed by atoms with Crippen molar-refractivity contribution in [1.29, 1.82) is 0 Å². The largest absolute Gasteiger partial charge is 0.385 e. The van der Waals surface area contributed by atoms with Crippen molar-refractivity contribution in [3.8, 4) is 0 Å². The van der Waals surface area contributed by atoms with Gasteiger partial charge in [-0.2, -0.15) is 0 Å². The summed E-state index contributed by atoms with van der Waals surface area (Å²) in [5.74, 6) is 0. The lowest BCUT2D eigenvalue weighted by Crippen LogP contribution is -2.20. The van der Waals surface area contributed by atoms with Gasteiger partial charge in [0.25, 0.3) is 0 Å². The van der Waals surface area contributed by atoms with Gasteiger partial charge in [-0.25, -0.2) is 0 Å². The van der Waals surface area contributed by atoms with Gasteiger partial charge in [-0.3, -0.25) is 0 Å². The molecule has 0 aliphatic carbocycles. The minimum absolute atomic E-state index is 0.302. The van der Waals surface area contributed by atoms with Gasteiger partial charge in [0.05, 0.1) is 0 Å². The molecule has 1 atom stereocenters. The van der Waals surface area contributed by atoms with Crippen molar-refractivity contribution in [3.05, 3.63) is 34.9 Å². The molecule has 1 N–H and O–H groups in total. The van der Waals surface area contributed by atoms with Gasteiger partial charge >= 0.3 is 0 Å². The Morgan fingerprint density at radius 1 is 1.31 bits per heavy atom. The number of rotatable bonds is 7. The number of benzene rings is 1. The van der Waals surface area contributed by atoms with E-state index < -0.39 is 0 Å². The van der Waals surface area contributed by atoms with Crippen molar-refractivity contribution >= 4 is 11.6 Å². The van der Waals surface area contributed by atoms with Crippen LogP contribution in [0.15, 0.2) is 24.3 Å². The maximum Gasteiger partial charge on any atom is 0.0462 e. The fraction of sp³-hybridized carbons (Fsp3) is 0.538. The van der Waals surface area contributed by atoms with Gasteiger partial charge in [0.15, 0.2) is 0 Å². The summed E-state index contributed by atoms with van der Waals surface area (Å²) < 4.78 is 5.00. The van der Waals surface area contributed by atoms with E-state index in [1.165, 1.54) is 0 Å². The summed E-state index contributed by atoms with van der Waals surface area (Å²) in [4.78, 5) is 0. The van der Waals surface area contributed by atoms with Crippen LogP contribution >= 0.6 is 11.6 Å². The molecule has 1 unspecified atom stereocenters. The highest BCUT2D eigenvalue weighted by Crippen LogP contribution is 2.21. The molecule has 1 aromatic carbocycles. The normalized spacial score (nSPS) is 12.7. The molecule has 2 nitrogen and oxygen atoms in total. The molecular formula is C13H20ClNO. The van der Waals surface area contributed by atoms with Crippen LogP contribution in [-0.4, -0.2) is 20.3 Å². The Hall–Kier alpha value is -0.570. The average molecular weight is 242 g/mol. The number of unbranched alkanes of at least 4 members (excludes halogenated alkanes) is 1. The first-order chi connectivity index (χ1) is 7.75. The van der Waals surface area contributed by atoms with Crippen LogP contribution in [-0.2, 0) is 4.74 Å². The molecule has 0 bridgehead atoms. The minimum atomic E-state index is 0.302. The zero-order chi connectivity index (χ0) is 11.8. The smallest absolute Gasteiger partial charge is 0.0462 e. The summed E-state index contributed by atoms with van der Waals surface area (Å²) in [6, 6.07) is 8.27. The Morgan fingerprint density at radius 2 is 2.06 bits per heavy atom. The van der Waals surface area contributed by atoms with Crippen molar-refractivity contribution in [2.24, 2.45) is 0 Å². The van der Waals surface area contributed by atoms with Gasteiger partial charge < -0.3 is 10.1 Å². The first-order valence-electron chi connectivity index (χ1n) is 5.72. The monoisotopic (exact) mass is 241 g/mol. The second-order valence-corrected chi connectivity index (χ2v) is 4.30. The van der Waals surface area contributed by atoms with Crippen molar-refractivity contribution in [2.45, 2.75) is 25.8 Å². The molecule has 1 rings (SSSR count). The topological polar surface area (TPSA) is 21.3 Å². The molecule has 0 amide bonds. The number of ether oxygens (including phenoxy) is 1. The fourth-order valence-corrected chi connectivity index (χ4v) is 1.93. The van der Waals surface area contributed by atoms with Crippen molar-refractivity contribution in [2.75, 3.05) is 20.3 Å². The standard InChI is InChI=1S/C13H20ClNO/c1-11(15-9-5-6-10-16-2)12-7-3-4-8-13(12)14/h3-4,7-8,11,15H,5-6,9-10H2,1-2H3. The Labute approximate surface area is 103 Å². The summed E-state index contributed by atoms with van der Waals surface area (Å²) in [5, 5.41) is 4.29. The summed E-state index contributed by atoms with van der Waals surface area (Å²) in [6.45, 7) is 3.97.